The third-order valence-electron chi connectivity index (χ3n) is 4.68. The molecule has 2 aromatic rings. The Morgan fingerprint density at radius 2 is 1.83 bits per heavy atom. The first-order valence-electron chi connectivity index (χ1n) is 8.45. The number of amides is 1. The molecular formula is C18H23N3O3. The number of H-pyrrole nitrogens is 1. The third-order valence-corrected chi connectivity index (χ3v) is 4.68. The van der Waals surface area contributed by atoms with Crippen molar-refractivity contribution < 1.29 is 4.79 Å². The van der Waals surface area contributed by atoms with Crippen molar-refractivity contribution in [3.63, 3.8) is 0 Å². The molecule has 0 radical (unpaired) electrons. The molecule has 0 aliphatic carbocycles. The summed E-state index contributed by atoms with van der Waals surface area (Å²) in [6.45, 7) is 6.16. The van der Waals surface area contributed by atoms with Crippen molar-refractivity contribution in [2.45, 2.75) is 33.2 Å². The first-order valence-corrected chi connectivity index (χ1v) is 8.45. The average molecular weight is 329 g/mol. The number of nitrogens with zero attached hydrogens (tertiary/aromatic N) is 2. The lowest BCUT2D eigenvalue weighted by atomic mass is 9.92. The number of nitrogens with one attached hydrogen (secondary N) is 1. The zero-order valence-electron chi connectivity index (χ0n) is 14.1. The molecule has 0 unspecified atom stereocenters. The molecule has 1 N–H and O–H groups in total. The minimum Gasteiger partial charge on any atom is -0.342 e. The largest absolute Gasteiger partial charge is 0.342 e. The number of hydrogen-bond acceptors (Lipinski definition) is 3. The fourth-order valence-corrected chi connectivity index (χ4v) is 3.70. The number of fused-ring (bicyclic) bond motifs is 1. The van der Waals surface area contributed by atoms with E-state index in [1.165, 1.54) is 4.57 Å². The summed E-state index contributed by atoms with van der Waals surface area (Å²) < 4.78 is 1.48. The minimum absolute atomic E-state index is 0.0654. The maximum Gasteiger partial charge on any atom is 0.328 e. The smallest absolute Gasteiger partial charge is 0.328 e. The van der Waals surface area contributed by atoms with Crippen molar-refractivity contribution in [3.8, 4) is 0 Å². The Bertz CT molecular complexity index is 858. The molecule has 6 heteroatoms. The molecule has 1 amide bonds. The number of carbonyl (C=O) groups is 1. The van der Waals surface area contributed by atoms with Gasteiger partial charge in [-0.3, -0.25) is 19.1 Å². The zero-order chi connectivity index (χ0) is 17.3. The summed E-state index contributed by atoms with van der Waals surface area (Å²) in [4.78, 5) is 40.7. The van der Waals surface area contributed by atoms with Crippen LogP contribution < -0.4 is 11.2 Å². The lowest BCUT2D eigenvalue weighted by Gasteiger charge is -2.35. The molecule has 3 rings (SSSR count). The molecule has 1 aromatic carbocycles. The monoisotopic (exact) mass is 329 g/mol. The van der Waals surface area contributed by atoms with E-state index < -0.39 is 11.2 Å². The summed E-state index contributed by atoms with van der Waals surface area (Å²) >= 11 is 0. The molecule has 1 aliphatic heterocycles. The number of aromatic amines is 1. The number of aromatic nitrogens is 2. The highest BCUT2D eigenvalue weighted by Crippen LogP contribution is 2.21. The topological polar surface area (TPSA) is 75.2 Å². The summed E-state index contributed by atoms with van der Waals surface area (Å²) in [5.74, 6) is 1.08. The number of carbonyl (C=O) groups excluding carboxylic acids is 1. The number of para-hydroxylation sites is 1. The van der Waals surface area contributed by atoms with Crippen LogP contribution in [0, 0.1) is 11.8 Å². The van der Waals surface area contributed by atoms with E-state index in [1.807, 2.05) is 4.90 Å². The molecule has 2 atom stereocenters. The van der Waals surface area contributed by atoms with E-state index in [0.29, 0.717) is 22.7 Å². The van der Waals surface area contributed by atoms with Crippen molar-refractivity contribution in [1.29, 1.82) is 0 Å². The van der Waals surface area contributed by atoms with Gasteiger partial charge in [-0.2, -0.15) is 0 Å². The van der Waals surface area contributed by atoms with Crippen LogP contribution in [-0.2, 0) is 11.3 Å². The van der Waals surface area contributed by atoms with Crippen LogP contribution in [0.5, 0.6) is 0 Å². The molecule has 6 nitrogen and oxygen atoms in total. The van der Waals surface area contributed by atoms with E-state index in [1.54, 1.807) is 24.3 Å². The average Bonchev–Trinajstić information content (AvgIpc) is 2.53. The fraction of sp³-hybridized carbons (Fsp3) is 0.500. The SMILES string of the molecule is C[C@@H]1C[C@@H](C)CN(C(=O)CCn2c(=O)[nH]c(=O)c3ccccc32)C1. The van der Waals surface area contributed by atoms with Gasteiger partial charge in [-0.1, -0.05) is 26.0 Å². The first kappa shape index (κ1) is 16.5. The molecular weight excluding hydrogens is 306 g/mol. The molecule has 1 saturated heterocycles. The van der Waals surface area contributed by atoms with Crippen LogP contribution in [-0.4, -0.2) is 33.4 Å². The van der Waals surface area contributed by atoms with Crippen LogP contribution in [0.1, 0.15) is 26.7 Å². The van der Waals surface area contributed by atoms with E-state index in [-0.39, 0.29) is 18.9 Å². The lowest BCUT2D eigenvalue weighted by Crippen LogP contribution is -2.43. The normalized spacial score (nSPS) is 21.2. The van der Waals surface area contributed by atoms with E-state index in [4.69, 9.17) is 0 Å². The van der Waals surface area contributed by atoms with Gasteiger partial charge in [0.1, 0.15) is 0 Å². The summed E-state index contributed by atoms with van der Waals surface area (Å²) in [5, 5.41) is 0.463. The molecule has 24 heavy (non-hydrogen) atoms. The third kappa shape index (κ3) is 3.27. The van der Waals surface area contributed by atoms with Gasteiger partial charge in [0.15, 0.2) is 0 Å². The van der Waals surface area contributed by atoms with Gasteiger partial charge in [0, 0.05) is 26.1 Å². The fourth-order valence-electron chi connectivity index (χ4n) is 3.70. The number of aryl methyl sites for hydroxylation is 1. The van der Waals surface area contributed by atoms with Gasteiger partial charge in [0.25, 0.3) is 5.56 Å². The van der Waals surface area contributed by atoms with E-state index in [0.717, 1.165) is 19.5 Å². The Morgan fingerprint density at radius 1 is 1.17 bits per heavy atom. The van der Waals surface area contributed by atoms with Crippen molar-refractivity contribution >= 4 is 16.8 Å². The van der Waals surface area contributed by atoms with Gasteiger partial charge >= 0.3 is 5.69 Å². The second-order valence-electron chi connectivity index (χ2n) is 6.92. The highest BCUT2D eigenvalue weighted by atomic mass is 16.2. The molecule has 0 spiro atoms. The van der Waals surface area contributed by atoms with Crippen molar-refractivity contribution in [2.24, 2.45) is 11.8 Å². The summed E-state index contributed by atoms with van der Waals surface area (Å²) in [7, 11) is 0. The first-order chi connectivity index (χ1) is 11.5. The predicted octanol–water partition coefficient (Wildman–Crippen LogP) is 1.58. The number of likely N-dealkylation sites (tertiary alicyclic amines) is 1. The Balaban J connectivity index is 1.80. The van der Waals surface area contributed by atoms with Gasteiger partial charge in [-0.25, -0.2) is 4.79 Å². The van der Waals surface area contributed by atoms with Crippen LogP contribution in [0.15, 0.2) is 33.9 Å². The molecule has 1 aromatic heterocycles. The summed E-state index contributed by atoms with van der Waals surface area (Å²) in [5.41, 5.74) is -0.289. The van der Waals surface area contributed by atoms with E-state index >= 15 is 0 Å². The number of benzene rings is 1. The molecule has 0 bridgehead atoms. The number of piperidine rings is 1. The number of hydrogen-bond donors (Lipinski definition) is 1. The van der Waals surface area contributed by atoms with Gasteiger partial charge in [-0.05, 0) is 30.4 Å². The maximum absolute atomic E-state index is 12.5. The Labute approximate surface area is 140 Å². The Kier molecular flexibility index (Phi) is 4.55. The van der Waals surface area contributed by atoms with Crippen molar-refractivity contribution in [2.75, 3.05) is 13.1 Å². The highest BCUT2D eigenvalue weighted by molar-refractivity contribution is 5.79. The van der Waals surface area contributed by atoms with Gasteiger partial charge in [0.05, 0.1) is 10.9 Å². The molecule has 1 aliphatic rings. The standard InChI is InChI=1S/C18H23N3O3/c1-12-9-13(2)11-20(10-12)16(22)7-8-21-15-6-4-3-5-14(15)17(23)19-18(21)24/h3-6,12-13H,7-11H2,1-2H3,(H,19,23,24)/t12-,13-/m1/s1. The van der Waals surface area contributed by atoms with Crippen LogP contribution in [0.2, 0.25) is 0 Å². The van der Waals surface area contributed by atoms with Crippen molar-refractivity contribution in [3.05, 3.63) is 45.1 Å². The second kappa shape index (κ2) is 6.63. The highest BCUT2D eigenvalue weighted by Gasteiger charge is 2.25. The minimum atomic E-state index is -0.466. The van der Waals surface area contributed by atoms with E-state index in [2.05, 4.69) is 18.8 Å². The predicted molar refractivity (Wildman–Crippen MR) is 93.0 cm³/mol. The zero-order valence-corrected chi connectivity index (χ0v) is 14.1. The summed E-state index contributed by atoms with van der Waals surface area (Å²) in [6.07, 6.45) is 1.41. The molecule has 2 heterocycles. The van der Waals surface area contributed by atoms with Crippen molar-refractivity contribution in [1.82, 2.24) is 14.5 Å². The molecule has 0 saturated carbocycles. The molecule has 128 valence electrons. The van der Waals surface area contributed by atoms with Gasteiger partial charge in [-0.15, -0.1) is 0 Å². The quantitative estimate of drug-likeness (QED) is 0.929. The van der Waals surface area contributed by atoms with Crippen LogP contribution in [0.3, 0.4) is 0 Å². The van der Waals surface area contributed by atoms with Gasteiger partial charge < -0.3 is 4.90 Å². The molecule has 1 fully saturated rings. The Morgan fingerprint density at radius 3 is 2.54 bits per heavy atom. The van der Waals surface area contributed by atoms with E-state index in [9.17, 15) is 14.4 Å². The lowest BCUT2D eigenvalue weighted by molar-refractivity contribution is -0.134. The van der Waals surface area contributed by atoms with Crippen LogP contribution in [0.4, 0.5) is 0 Å². The summed E-state index contributed by atoms with van der Waals surface area (Å²) in [6, 6.07) is 6.96. The number of rotatable bonds is 3. The van der Waals surface area contributed by atoms with Gasteiger partial charge in [0.2, 0.25) is 5.91 Å². The second-order valence-corrected chi connectivity index (χ2v) is 6.92. The van der Waals surface area contributed by atoms with Crippen LogP contribution in [0.25, 0.3) is 10.9 Å². The Hall–Kier alpha value is -2.37. The maximum atomic E-state index is 12.5. The van der Waals surface area contributed by atoms with Crippen LogP contribution >= 0.6 is 0 Å².